The van der Waals surface area contributed by atoms with Gasteiger partial charge in [-0.25, -0.2) is 0 Å². The summed E-state index contributed by atoms with van der Waals surface area (Å²) in [5.41, 5.74) is 8.91. The average molecular weight is 382 g/mol. The highest BCUT2D eigenvalue weighted by molar-refractivity contribution is 6.01. The van der Waals surface area contributed by atoms with Gasteiger partial charge < -0.3 is 15.4 Å². The number of hydrogen-bond acceptors (Lipinski definition) is 4. The number of likely N-dealkylation sites (tertiary alicyclic amines) is 1. The SMILES string of the molecule is Cc1nn(C)c(C)c1CCN1C(=O)[C@@H](C(N)=O)[C@H]2C[C@@]1(C)Oc1ccccc12. The van der Waals surface area contributed by atoms with Crippen molar-refractivity contribution in [3.63, 3.8) is 0 Å². The quantitative estimate of drug-likeness (QED) is 0.817. The molecule has 2 aliphatic heterocycles. The highest BCUT2D eigenvalue weighted by atomic mass is 16.5. The summed E-state index contributed by atoms with van der Waals surface area (Å²) in [6.45, 7) is 6.36. The molecule has 3 atom stereocenters. The molecular formula is C21H26N4O3. The van der Waals surface area contributed by atoms with Crippen LogP contribution in [0, 0.1) is 19.8 Å². The molecule has 2 N–H and O–H groups in total. The molecule has 1 aromatic heterocycles. The Morgan fingerprint density at radius 1 is 1.36 bits per heavy atom. The lowest BCUT2D eigenvalue weighted by molar-refractivity contribution is -0.175. The molecule has 0 saturated carbocycles. The first-order valence-electron chi connectivity index (χ1n) is 9.61. The Balaban J connectivity index is 1.70. The summed E-state index contributed by atoms with van der Waals surface area (Å²) in [5.74, 6) is -1.22. The van der Waals surface area contributed by atoms with Crippen LogP contribution in [-0.4, -0.2) is 38.8 Å². The van der Waals surface area contributed by atoms with Crippen LogP contribution in [0.2, 0.25) is 0 Å². The Morgan fingerprint density at radius 2 is 2.07 bits per heavy atom. The molecule has 0 spiro atoms. The van der Waals surface area contributed by atoms with E-state index in [4.69, 9.17) is 10.5 Å². The van der Waals surface area contributed by atoms with Gasteiger partial charge in [-0.3, -0.25) is 14.3 Å². The lowest BCUT2D eigenvalue weighted by atomic mass is 9.73. The van der Waals surface area contributed by atoms with E-state index in [-0.39, 0.29) is 11.8 Å². The maximum atomic E-state index is 13.3. The van der Waals surface area contributed by atoms with Gasteiger partial charge in [-0.2, -0.15) is 5.10 Å². The molecule has 2 aromatic rings. The lowest BCUT2D eigenvalue weighted by Gasteiger charge is -2.52. The van der Waals surface area contributed by atoms with Gasteiger partial charge in [0.25, 0.3) is 0 Å². The number of amides is 2. The molecular weight excluding hydrogens is 356 g/mol. The van der Waals surface area contributed by atoms with Crippen LogP contribution in [-0.2, 0) is 23.1 Å². The number of rotatable bonds is 4. The molecule has 1 saturated heterocycles. The van der Waals surface area contributed by atoms with Crippen molar-refractivity contribution in [3.8, 4) is 5.75 Å². The number of primary amides is 1. The van der Waals surface area contributed by atoms with E-state index in [0.29, 0.717) is 19.4 Å². The summed E-state index contributed by atoms with van der Waals surface area (Å²) in [6, 6.07) is 7.60. The van der Waals surface area contributed by atoms with Crippen LogP contribution < -0.4 is 10.5 Å². The topological polar surface area (TPSA) is 90.5 Å². The van der Waals surface area contributed by atoms with Crippen molar-refractivity contribution in [1.82, 2.24) is 14.7 Å². The second-order valence-electron chi connectivity index (χ2n) is 8.02. The van der Waals surface area contributed by atoms with Gasteiger partial charge in [-0.05, 0) is 44.4 Å². The molecule has 0 aliphatic carbocycles. The first-order chi connectivity index (χ1) is 13.2. The molecule has 0 unspecified atom stereocenters. The summed E-state index contributed by atoms with van der Waals surface area (Å²) < 4.78 is 8.13. The maximum Gasteiger partial charge on any atom is 0.238 e. The fourth-order valence-electron chi connectivity index (χ4n) is 4.78. The number of fused-ring (bicyclic) bond motifs is 4. The predicted molar refractivity (Wildman–Crippen MR) is 104 cm³/mol. The third-order valence-corrected chi connectivity index (χ3v) is 6.30. The minimum Gasteiger partial charge on any atom is -0.468 e. The first kappa shape index (κ1) is 18.5. The van der Waals surface area contributed by atoms with Crippen LogP contribution in [0.25, 0.3) is 0 Å². The molecule has 3 heterocycles. The van der Waals surface area contributed by atoms with Crippen LogP contribution in [0.3, 0.4) is 0 Å². The van der Waals surface area contributed by atoms with Gasteiger partial charge in [0, 0.05) is 31.6 Å². The molecule has 7 nitrogen and oxygen atoms in total. The van der Waals surface area contributed by atoms with Gasteiger partial charge in [0.1, 0.15) is 11.7 Å². The zero-order valence-electron chi connectivity index (χ0n) is 16.7. The predicted octanol–water partition coefficient (Wildman–Crippen LogP) is 1.81. The van der Waals surface area contributed by atoms with E-state index in [9.17, 15) is 9.59 Å². The van der Waals surface area contributed by atoms with Crippen molar-refractivity contribution in [2.45, 2.75) is 45.3 Å². The number of benzene rings is 1. The summed E-state index contributed by atoms with van der Waals surface area (Å²) in [4.78, 5) is 27.2. The summed E-state index contributed by atoms with van der Waals surface area (Å²) >= 11 is 0. The van der Waals surface area contributed by atoms with E-state index in [0.717, 1.165) is 28.3 Å². The van der Waals surface area contributed by atoms with Crippen molar-refractivity contribution >= 4 is 11.8 Å². The number of carbonyl (C=O) groups is 2. The number of carbonyl (C=O) groups excluding carboxylic acids is 2. The Hall–Kier alpha value is -2.83. The van der Waals surface area contributed by atoms with E-state index in [2.05, 4.69) is 5.10 Å². The molecule has 0 radical (unpaired) electrons. The van der Waals surface area contributed by atoms with Gasteiger partial charge >= 0.3 is 0 Å². The fourth-order valence-corrected chi connectivity index (χ4v) is 4.78. The summed E-state index contributed by atoms with van der Waals surface area (Å²) in [5, 5.41) is 4.45. The number of para-hydroxylation sites is 1. The summed E-state index contributed by atoms with van der Waals surface area (Å²) in [7, 11) is 1.91. The molecule has 28 heavy (non-hydrogen) atoms. The Labute approximate surface area is 164 Å². The monoisotopic (exact) mass is 382 g/mol. The largest absolute Gasteiger partial charge is 0.468 e. The standard InChI is InChI=1S/C21H26N4O3/c1-12-14(13(2)24(4)23-12)9-10-25-20(27)18(19(22)26)16-11-21(25,3)28-17-8-6-5-7-15(16)17/h5-8,16,18H,9-11H2,1-4H3,(H2,22,26)/t16-,18+,21+/m0/s1. The molecule has 1 aromatic carbocycles. The van der Waals surface area contributed by atoms with Crippen molar-refractivity contribution in [3.05, 3.63) is 46.8 Å². The van der Waals surface area contributed by atoms with Gasteiger partial charge in [-0.1, -0.05) is 18.2 Å². The highest BCUT2D eigenvalue weighted by Gasteiger charge is 2.55. The molecule has 7 heteroatoms. The average Bonchev–Trinajstić information content (AvgIpc) is 2.86. The third kappa shape index (κ3) is 2.68. The Bertz CT molecular complexity index is 967. The van der Waals surface area contributed by atoms with Crippen LogP contribution in [0.4, 0.5) is 0 Å². The molecule has 2 bridgehead atoms. The van der Waals surface area contributed by atoms with Crippen LogP contribution in [0.15, 0.2) is 24.3 Å². The second kappa shape index (κ2) is 6.36. The number of aromatic nitrogens is 2. The van der Waals surface area contributed by atoms with E-state index < -0.39 is 17.6 Å². The van der Waals surface area contributed by atoms with Crippen LogP contribution in [0.1, 0.15) is 41.8 Å². The first-order valence-corrected chi connectivity index (χ1v) is 9.61. The van der Waals surface area contributed by atoms with E-state index >= 15 is 0 Å². The van der Waals surface area contributed by atoms with Crippen molar-refractivity contribution in [1.29, 1.82) is 0 Å². The zero-order chi connectivity index (χ0) is 20.2. The van der Waals surface area contributed by atoms with Gasteiger partial charge in [0.15, 0.2) is 5.72 Å². The number of ether oxygens (including phenoxy) is 1. The van der Waals surface area contributed by atoms with Gasteiger partial charge in [0.2, 0.25) is 11.8 Å². The smallest absolute Gasteiger partial charge is 0.238 e. The highest BCUT2D eigenvalue weighted by Crippen LogP contribution is 2.50. The van der Waals surface area contributed by atoms with Crippen molar-refractivity contribution < 1.29 is 14.3 Å². The lowest BCUT2D eigenvalue weighted by Crippen LogP contribution is -2.64. The molecule has 2 amide bonds. The van der Waals surface area contributed by atoms with Crippen LogP contribution in [0.5, 0.6) is 5.75 Å². The van der Waals surface area contributed by atoms with Crippen LogP contribution >= 0.6 is 0 Å². The number of hydrogen-bond donors (Lipinski definition) is 1. The number of nitrogens with zero attached hydrogens (tertiary/aromatic N) is 3. The maximum absolute atomic E-state index is 13.3. The number of aryl methyl sites for hydroxylation is 2. The normalized spacial score (nSPS) is 26.0. The molecule has 148 valence electrons. The van der Waals surface area contributed by atoms with E-state index in [1.807, 2.05) is 56.8 Å². The van der Waals surface area contributed by atoms with Gasteiger partial charge in [-0.15, -0.1) is 0 Å². The fraction of sp³-hybridized carbons (Fsp3) is 0.476. The van der Waals surface area contributed by atoms with E-state index in [1.54, 1.807) is 4.90 Å². The molecule has 4 rings (SSSR count). The third-order valence-electron chi connectivity index (χ3n) is 6.30. The van der Waals surface area contributed by atoms with Crippen molar-refractivity contribution in [2.75, 3.05) is 6.54 Å². The number of nitrogens with two attached hydrogens (primary N) is 1. The number of piperidine rings is 1. The molecule has 1 fully saturated rings. The minimum absolute atomic E-state index is 0.250. The van der Waals surface area contributed by atoms with Crippen molar-refractivity contribution in [2.24, 2.45) is 18.7 Å². The minimum atomic E-state index is -0.866. The zero-order valence-corrected chi connectivity index (χ0v) is 16.7. The Morgan fingerprint density at radius 3 is 2.71 bits per heavy atom. The molecule has 2 aliphatic rings. The Kier molecular flexibility index (Phi) is 4.21. The van der Waals surface area contributed by atoms with Gasteiger partial charge in [0.05, 0.1) is 5.69 Å². The summed E-state index contributed by atoms with van der Waals surface area (Å²) in [6.07, 6.45) is 1.20. The second-order valence-corrected chi connectivity index (χ2v) is 8.02. The van der Waals surface area contributed by atoms with E-state index in [1.165, 1.54) is 0 Å².